The van der Waals surface area contributed by atoms with Crippen LogP contribution in [-0.2, 0) is 0 Å². The summed E-state index contributed by atoms with van der Waals surface area (Å²) in [6.07, 6.45) is 10.8. The van der Waals surface area contributed by atoms with Crippen LogP contribution >= 0.6 is 7.26 Å². The molecular weight excluding hydrogens is 435 g/mol. The molecular formula is C27H34BrP. The van der Waals surface area contributed by atoms with Gasteiger partial charge in [0.2, 0.25) is 0 Å². The van der Waals surface area contributed by atoms with Crippen molar-refractivity contribution in [1.29, 1.82) is 0 Å². The largest absolute Gasteiger partial charge is 1.00 e. The van der Waals surface area contributed by atoms with Crippen LogP contribution in [0, 0.1) is 0 Å². The van der Waals surface area contributed by atoms with Crippen molar-refractivity contribution in [3.8, 4) is 0 Å². The lowest BCUT2D eigenvalue weighted by Gasteiger charge is -2.27. The fraction of sp³-hybridized carbons (Fsp3) is 0.333. The second-order valence-electron chi connectivity index (χ2n) is 7.66. The minimum atomic E-state index is -1.61. The van der Waals surface area contributed by atoms with Crippen molar-refractivity contribution < 1.29 is 17.0 Å². The molecule has 0 fully saturated rings. The number of halogens is 1. The summed E-state index contributed by atoms with van der Waals surface area (Å²) in [4.78, 5) is 0. The first-order valence-corrected chi connectivity index (χ1v) is 12.9. The lowest BCUT2D eigenvalue weighted by atomic mass is 10.1. The van der Waals surface area contributed by atoms with Crippen molar-refractivity contribution in [1.82, 2.24) is 0 Å². The Kier molecular flexibility index (Phi) is 10.7. The molecule has 0 aliphatic heterocycles. The first kappa shape index (κ1) is 23.8. The van der Waals surface area contributed by atoms with Crippen molar-refractivity contribution >= 4 is 23.2 Å². The Bertz CT molecular complexity index is 690. The van der Waals surface area contributed by atoms with Gasteiger partial charge in [0.1, 0.15) is 23.2 Å². The summed E-state index contributed by atoms with van der Waals surface area (Å²) in [5.41, 5.74) is 0. The van der Waals surface area contributed by atoms with E-state index in [9.17, 15) is 0 Å². The third-order valence-electron chi connectivity index (χ3n) is 5.69. The second-order valence-corrected chi connectivity index (χ2v) is 11.3. The van der Waals surface area contributed by atoms with Gasteiger partial charge in [0.25, 0.3) is 0 Å². The maximum Gasteiger partial charge on any atom is 0.112 e. The monoisotopic (exact) mass is 468 g/mol. The number of benzene rings is 3. The van der Waals surface area contributed by atoms with Crippen LogP contribution in [0.1, 0.15) is 51.9 Å². The van der Waals surface area contributed by atoms with Gasteiger partial charge in [-0.1, -0.05) is 93.6 Å². The van der Waals surface area contributed by atoms with E-state index >= 15 is 0 Å². The van der Waals surface area contributed by atoms with Gasteiger partial charge in [-0.05, 0) is 49.2 Å². The highest BCUT2D eigenvalue weighted by molar-refractivity contribution is 7.95. The van der Waals surface area contributed by atoms with Gasteiger partial charge in [-0.3, -0.25) is 0 Å². The fourth-order valence-electron chi connectivity index (χ4n) is 4.19. The normalized spacial score (nSPS) is 11.1. The Hall–Kier alpha value is -1.43. The van der Waals surface area contributed by atoms with E-state index in [-0.39, 0.29) is 17.0 Å². The van der Waals surface area contributed by atoms with Gasteiger partial charge >= 0.3 is 0 Å². The number of unbranched alkanes of at least 4 members (excludes halogenated alkanes) is 6. The molecule has 154 valence electrons. The molecule has 0 heterocycles. The van der Waals surface area contributed by atoms with E-state index in [2.05, 4.69) is 97.9 Å². The van der Waals surface area contributed by atoms with Crippen molar-refractivity contribution in [3.05, 3.63) is 91.0 Å². The average molecular weight is 469 g/mol. The predicted molar refractivity (Wildman–Crippen MR) is 128 cm³/mol. The van der Waals surface area contributed by atoms with Crippen molar-refractivity contribution in [2.45, 2.75) is 51.9 Å². The SMILES string of the molecule is CCCCCCCCC[P+](c1ccccc1)(c1ccccc1)c1ccccc1.[Br-]. The Balaban J connectivity index is 0.00000300. The highest BCUT2D eigenvalue weighted by Gasteiger charge is 2.44. The maximum atomic E-state index is 2.36. The molecule has 2 heteroatoms. The number of hydrogen-bond donors (Lipinski definition) is 0. The molecule has 0 amide bonds. The zero-order valence-electron chi connectivity index (χ0n) is 17.6. The molecule has 29 heavy (non-hydrogen) atoms. The van der Waals surface area contributed by atoms with Crippen molar-refractivity contribution in [2.24, 2.45) is 0 Å². The fourth-order valence-corrected chi connectivity index (χ4v) is 8.60. The van der Waals surface area contributed by atoms with E-state index in [0.29, 0.717) is 0 Å². The van der Waals surface area contributed by atoms with Crippen LogP contribution in [0.25, 0.3) is 0 Å². The Morgan fingerprint density at radius 1 is 0.483 bits per heavy atom. The van der Waals surface area contributed by atoms with Crippen LogP contribution < -0.4 is 32.9 Å². The Morgan fingerprint density at radius 3 is 1.21 bits per heavy atom. The van der Waals surface area contributed by atoms with Crippen LogP contribution in [0.4, 0.5) is 0 Å². The van der Waals surface area contributed by atoms with Gasteiger partial charge in [0.05, 0.1) is 6.16 Å². The van der Waals surface area contributed by atoms with Crippen LogP contribution in [0.2, 0.25) is 0 Å². The van der Waals surface area contributed by atoms with E-state index in [1.54, 1.807) is 0 Å². The van der Waals surface area contributed by atoms with Gasteiger partial charge in [0.15, 0.2) is 0 Å². The first-order valence-electron chi connectivity index (χ1n) is 10.9. The van der Waals surface area contributed by atoms with E-state index in [0.717, 1.165) is 0 Å². The third kappa shape index (κ3) is 6.27. The summed E-state index contributed by atoms with van der Waals surface area (Å²) >= 11 is 0. The van der Waals surface area contributed by atoms with Gasteiger partial charge in [-0.2, -0.15) is 0 Å². The number of hydrogen-bond acceptors (Lipinski definition) is 0. The molecule has 0 aliphatic carbocycles. The predicted octanol–water partition coefficient (Wildman–Crippen LogP) is 3.74. The van der Waals surface area contributed by atoms with Gasteiger partial charge in [0, 0.05) is 0 Å². The molecule has 0 bridgehead atoms. The summed E-state index contributed by atoms with van der Waals surface area (Å²) in [7, 11) is -1.61. The lowest BCUT2D eigenvalue weighted by molar-refractivity contribution is -0.00000565. The zero-order valence-corrected chi connectivity index (χ0v) is 20.1. The average Bonchev–Trinajstić information content (AvgIpc) is 2.78. The van der Waals surface area contributed by atoms with Crippen LogP contribution in [0.5, 0.6) is 0 Å². The molecule has 0 saturated heterocycles. The molecule has 0 saturated carbocycles. The van der Waals surface area contributed by atoms with E-state index in [1.807, 2.05) is 0 Å². The Morgan fingerprint density at radius 2 is 0.828 bits per heavy atom. The van der Waals surface area contributed by atoms with Crippen molar-refractivity contribution in [3.63, 3.8) is 0 Å². The summed E-state index contributed by atoms with van der Waals surface area (Å²) < 4.78 is 0. The van der Waals surface area contributed by atoms with Crippen molar-refractivity contribution in [2.75, 3.05) is 6.16 Å². The quantitative estimate of drug-likeness (QED) is 0.297. The van der Waals surface area contributed by atoms with Crippen LogP contribution in [-0.4, -0.2) is 6.16 Å². The third-order valence-corrected chi connectivity index (χ3v) is 10.2. The van der Waals surface area contributed by atoms with E-state index in [1.165, 1.54) is 67.0 Å². The smallest absolute Gasteiger partial charge is 0.112 e. The van der Waals surface area contributed by atoms with Gasteiger partial charge in [-0.25, -0.2) is 0 Å². The van der Waals surface area contributed by atoms with E-state index < -0.39 is 7.26 Å². The molecule has 0 radical (unpaired) electrons. The van der Waals surface area contributed by atoms with Crippen LogP contribution in [0.3, 0.4) is 0 Å². The standard InChI is InChI=1S/C27H34P.BrH/c1-2-3-4-5-6-7-17-24-28(25-18-11-8-12-19-25,26-20-13-9-14-21-26)27-22-15-10-16-23-27;/h8-16,18-23H,2-7,17,24H2,1H3;1H/q+1;/p-1. The maximum absolute atomic E-state index is 2.36. The lowest BCUT2D eigenvalue weighted by Crippen LogP contribution is -3.00. The zero-order chi connectivity index (χ0) is 19.5. The highest BCUT2D eigenvalue weighted by atomic mass is 79.9. The minimum Gasteiger partial charge on any atom is -1.00 e. The summed E-state index contributed by atoms with van der Waals surface area (Å²) in [6.45, 7) is 2.29. The molecule has 0 N–H and O–H groups in total. The van der Waals surface area contributed by atoms with Gasteiger partial charge < -0.3 is 17.0 Å². The summed E-state index contributed by atoms with van der Waals surface area (Å²) in [5, 5.41) is 4.54. The summed E-state index contributed by atoms with van der Waals surface area (Å²) in [5.74, 6) is 0. The molecule has 0 atom stereocenters. The Labute approximate surface area is 188 Å². The molecule has 3 rings (SSSR count). The van der Waals surface area contributed by atoms with Gasteiger partial charge in [-0.15, -0.1) is 0 Å². The molecule has 0 spiro atoms. The second kappa shape index (κ2) is 13.0. The first-order chi connectivity index (χ1) is 13.9. The van der Waals surface area contributed by atoms with Crippen LogP contribution in [0.15, 0.2) is 91.0 Å². The summed E-state index contributed by atoms with van der Waals surface area (Å²) in [6, 6.07) is 33.8. The number of rotatable bonds is 11. The molecule has 0 aliphatic rings. The molecule has 3 aromatic rings. The highest BCUT2D eigenvalue weighted by Crippen LogP contribution is 2.55. The molecule has 0 nitrogen and oxygen atoms in total. The minimum absolute atomic E-state index is 0. The molecule has 0 aromatic heterocycles. The topological polar surface area (TPSA) is 0 Å². The molecule has 0 unspecified atom stereocenters. The van der Waals surface area contributed by atoms with E-state index in [4.69, 9.17) is 0 Å². The molecule has 3 aromatic carbocycles.